The fraction of sp³-hybridized carbons (Fsp3) is 0.529. The van der Waals surface area contributed by atoms with Crippen LogP contribution >= 0.6 is 0 Å². The lowest BCUT2D eigenvalue weighted by molar-refractivity contribution is -0.128. The van der Waals surface area contributed by atoms with Crippen molar-refractivity contribution in [2.24, 2.45) is 11.8 Å². The highest BCUT2D eigenvalue weighted by Gasteiger charge is 2.42. The van der Waals surface area contributed by atoms with Gasteiger partial charge in [0.1, 0.15) is 0 Å². The molecule has 4 nitrogen and oxygen atoms in total. The van der Waals surface area contributed by atoms with Crippen molar-refractivity contribution in [1.82, 2.24) is 10.2 Å². The van der Waals surface area contributed by atoms with Crippen LogP contribution in [0.1, 0.15) is 38.3 Å². The van der Waals surface area contributed by atoms with Gasteiger partial charge in [-0.1, -0.05) is 44.2 Å². The molecule has 1 saturated heterocycles. The summed E-state index contributed by atoms with van der Waals surface area (Å²) in [5.74, 6) is 0.287. The maximum absolute atomic E-state index is 12.4. The summed E-state index contributed by atoms with van der Waals surface area (Å²) in [5.41, 5.74) is 1.02. The maximum Gasteiger partial charge on any atom is 0.226 e. The van der Waals surface area contributed by atoms with E-state index >= 15 is 0 Å². The summed E-state index contributed by atoms with van der Waals surface area (Å²) in [7, 11) is 1.78. The van der Waals surface area contributed by atoms with Crippen molar-refractivity contribution >= 4 is 11.8 Å². The lowest BCUT2D eigenvalue weighted by atomic mass is 9.93. The van der Waals surface area contributed by atoms with Gasteiger partial charge in [-0.05, 0) is 17.9 Å². The number of rotatable bonds is 5. The molecule has 0 spiro atoms. The molecule has 0 aliphatic carbocycles. The van der Waals surface area contributed by atoms with E-state index in [1.807, 2.05) is 30.3 Å². The van der Waals surface area contributed by atoms with Gasteiger partial charge in [-0.2, -0.15) is 0 Å². The second kappa shape index (κ2) is 6.74. The molecular weight excluding hydrogens is 264 g/mol. The molecule has 1 aromatic rings. The van der Waals surface area contributed by atoms with Gasteiger partial charge in [-0.3, -0.25) is 9.59 Å². The Morgan fingerprint density at radius 2 is 2.00 bits per heavy atom. The number of hydrogen-bond acceptors (Lipinski definition) is 2. The van der Waals surface area contributed by atoms with E-state index in [2.05, 4.69) is 19.2 Å². The quantitative estimate of drug-likeness (QED) is 0.904. The number of likely N-dealkylation sites (tertiary alicyclic amines) is 1. The molecule has 21 heavy (non-hydrogen) atoms. The van der Waals surface area contributed by atoms with Gasteiger partial charge < -0.3 is 10.2 Å². The minimum atomic E-state index is -0.294. The molecule has 0 aromatic heterocycles. The first-order chi connectivity index (χ1) is 10.0. The van der Waals surface area contributed by atoms with Crippen LogP contribution in [-0.2, 0) is 9.59 Å². The maximum atomic E-state index is 12.4. The molecule has 0 radical (unpaired) electrons. The molecule has 1 aromatic carbocycles. The number of carbonyl (C=O) groups excluding carboxylic acids is 2. The third kappa shape index (κ3) is 3.63. The molecule has 0 unspecified atom stereocenters. The smallest absolute Gasteiger partial charge is 0.226 e. The van der Waals surface area contributed by atoms with Crippen molar-refractivity contribution in [2.45, 2.75) is 32.7 Å². The van der Waals surface area contributed by atoms with E-state index in [1.165, 1.54) is 0 Å². The summed E-state index contributed by atoms with van der Waals surface area (Å²) in [4.78, 5) is 26.1. The van der Waals surface area contributed by atoms with Gasteiger partial charge in [-0.15, -0.1) is 0 Å². The van der Waals surface area contributed by atoms with Gasteiger partial charge in [0.25, 0.3) is 0 Å². The predicted octanol–water partition coefficient (Wildman–Crippen LogP) is 2.37. The fourth-order valence-corrected chi connectivity index (χ4v) is 2.83. The highest BCUT2D eigenvalue weighted by atomic mass is 16.2. The van der Waals surface area contributed by atoms with Crippen LogP contribution in [0.5, 0.6) is 0 Å². The van der Waals surface area contributed by atoms with Crippen LogP contribution in [0.15, 0.2) is 30.3 Å². The third-order valence-electron chi connectivity index (χ3n) is 4.09. The fourth-order valence-electron chi connectivity index (χ4n) is 2.83. The lowest BCUT2D eigenvalue weighted by Crippen LogP contribution is -2.35. The van der Waals surface area contributed by atoms with Crippen LogP contribution in [0.4, 0.5) is 0 Å². The van der Waals surface area contributed by atoms with E-state index in [0.29, 0.717) is 18.9 Å². The molecule has 1 N–H and O–H groups in total. The zero-order valence-electron chi connectivity index (χ0n) is 13.0. The summed E-state index contributed by atoms with van der Waals surface area (Å²) in [5, 5.41) is 2.98. The number of benzene rings is 1. The number of amides is 2. The topological polar surface area (TPSA) is 49.4 Å². The Morgan fingerprint density at radius 1 is 1.33 bits per heavy atom. The van der Waals surface area contributed by atoms with E-state index in [4.69, 9.17) is 0 Å². The average Bonchev–Trinajstić information content (AvgIpc) is 2.75. The highest BCUT2D eigenvalue weighted by Crippen LogP contribution is 2.36. The summed E-state index contributed by atoms with van der Waals surface area (Å²) < 4.78 is 0. The highest BCUT2D eigenvalue weighted by molar-refractivity contribution is 5.90. The Kier molecular flexibility index (Phi) is 4.99. The zero-order chi connectivity index (χ0) is 15.4. The molecule has 1 fully saturated rings. The molecule has 1 aliphatic rings. The predicted molar refractivity (Wildman–Crippen MR) is 82.5 cm³/mol. The first-order valence-corrected chi connectivity index (χ1v) is 7.59. The molecule has 1 heterocycles. The largest absolute Gasteiger partial charge is 0.356 e. The van der Waals surface area contributed by atoms with Crippen LogP contribution in [0.3, 0.4) is 0 Å². The average molecular weight is 288 g/mol. The number of carbonyl (C=O) groups is 2. The molecular formula is C17H24N2O2. The molecule has 4 heteroatoms. The van der Waals surface area contributed by atoms with Gasteiger partial charge in [0.2, 0.25) is 11.8 Å². The minimum Gasteiger partial charge on any atom is -0.356 e. The lowest BCUT2D eigenvalue weighted by Gasteiger charge is -2.25. The van der Waals surface area contributed by atoms with Crippen molar-refractivity contribution < 1.29 is 9.59 Å². The van der Waals surface area contributed by atoms with Gasteiger partial charge in [-0.25, -0.2) is 0 Å². The van der Waals surface area contributed by atoms with Gasteiger partial charge in [0.15, 0.2) is 0 Å². The van der Waals surface area contributed by atoms with E-state index in [9.17, 15) is 9.59 Å². The van der Waals surface area contributed by atoms with E-state index < -0.39 is 0 Å². The Hall–Kier alpha value is -1.84. The van der Waals surface area contributed by atoms with Crippen molar-refractivity contribution in [3.05, 3.63) is 35.9 Å². The number of nitrogens with one attached hydrogen (secondary N) is 1. The van der Waals surface area contributed by atoms with Crippen LogP contribution in [0.2, 0.25) is 0 Å². The van der Waals surface area contributed by atoms with Gasteiger partial charge >= 0.3 is 0 Å². The minimum absolute atomic E-state index is 0.0118. The Balaban J connectivity index is 2.09. The monoisotopic (exact) mass is 288 g/mol. The van der Waals surface area contributed by atoms with Crippen LogP contribution < -0.4 is 5.32 Å². The van der Waals surface area contributed by atoms with Crippen LogP contribution in [-0.4, -0.2) is 30.3 Å². The zero-order valence-corrected chi connectivity index (χ0v) is 13.0. The van der Waals surface area contributed by atoms with E-state index in [-0.39, 0.29) is 23.8 Å². The first kappa shape index (κ1) is 15.5. The summed E-state index contributed by atoms with van der Waals surface area (Å²) in [6.45, 7) is 4.93. The normalized spacial score (nSPS) is 21.9. The second-order valence-electron chi connectivity index (χ2n) is 6.14. The molecule has 114 valence electrons. The SMILES string of the molecule is CC(C)CCNC(=O)[C@H]1CC(=O)N(C)[C@H]1c1ccccc1. The standard InChI is InChI=1S/C17H24N2O2/c1-12(2)9-10-18-17(21)14-11-15(20)19(3)16(14)13-7-5-4-6-8-13/h4-8,12,14,16H,9-11H2,1-3H3,(H,18,21)/t14-,16-/m0/s1. The Labute approximate surface area is 126 Å². The summed E-state index contributed by atoms with van der Waals surface area (Å²) >= 11 is 0. The van der Waals surface area contributed by atoms with Gasteiger partial charge in [0, 0.05) is 20.0 Å². The summed E-state index contributed by atoms with van der Waals surface area (Å²) in [6, 6.07) is 9.64. The van der Waals surface area contributed by atoms with Crippen molar-refractivity contribution in [3.63, 3.8) is 0 Å². The number of hydrogen-bond donors (Lipinski definition) is 1. The van der Waals surface area contributed by atoms with Crippen molar-refractivity contribution in [1.29, 1.82) is 0 Å². The Bertz CT molecular complexity index is 499. The Morgan fingerprint density at radius 3 is 2.62 bits per heavy atom. The van der Waals surface area contributed by atoms with Crippen molar-refractivity contribution in [2.75, 3.05) is 13.6 Å². The van der Waals surface area contributed by atoms with Crippen molar-refractivity contribution in [3.8, 4) is 0 Å². The molecule has 0 bridgehead atoms. The summed E-state index contributed by atoms with van der Waals surface area (Å²) in [6.07, 6.45) is 1.25. The molecule has 2 rings (SSSR count). The van der Waals surface area contributed by atoms with E-state index in [1.54, 1.807) is 11.9 Å². The first-order valence-electron chi connectivity index (χ1n) is 7.59. The van der Waals surface area contributed by atoms with Gasteiger partial charge in [0.05, 0.1) is 12.0 Å². The molecule has 2 amide bonds. The second-order valence-corrected chi connectivity index (χ2v) is 6.14. The molecule has 2 atom stereocenters. The molecule has 1 aliphatic heterocycles. The molecule has 0 saturated carbocycles. The number of nitrogens with zero attached hydrogens (tertiary/aromatic N) is 1. The van der Waals surface area contributed by atoms with E-state index in [0.717, 1.165) is 12.0 Å². The third-order valence-corrected chi connectivity index (χ3v) is 4.09. The van der Waals surface area contributed by atoms with Crippen LogP contribution in [0.25, 0.3) is 0 Å². The van der Waals surface area contributed by atoms with Crippen LogP contribution in [0, 0.1) is 11.8 Å².